The molecule has 3 rings (SSSR count). The summed E-state index contributed by atoms with van der Waals surface area (Å²) in [5, 5.41) is 8.68. The molecule has 3 aromatic rings. The van der Waals surface area contributed by atoms with E-state index in [1.807, 2.05) is 36.7 Å². The zero-order valence-corrected chi connectivity index (χ0v) is 14.1. The summed E-state index contributed by atoms with van der Waals surface area (Å²) in [6.45, 7) is 1.85. The fourth-order valence-electron chi connectivity index (χ4n) is 2.32. The molecule has 0 aliphatic heterocycles. The fourth-order valence-corrected chi connectivity index (χ4v) is 3.21. The minimum absolute atomic E-state index is 0.0481. The maximum absolute atomic E-state index is 13.0. The first-order chi connectivity index (χ1) is 11.6. The SMILES string of the molecule is CC(Sc1nnc(-c2ccc(F)cc2)n1C)C(=O)c1ccccc1. The molecule has 0 aliphatic carbocycles. The van der Waals surface area contributed by atoms with Gasteiger partial charge in [-0.05, 0) is 31.2 Å². The summed E-state index contributed by atoms with van der Waals surface area (Å²) in [5.41, 5.74) is 1.46. The van der Waals surface area contributed by atoms with Gasteiger partial charge in [0.1, 0.15) is 5.82 Å². The van der Waals surface area contributed by atoms with Crippen molar-refractivity contribution in [1.82, 2.24) is 14.8 Å². The van der Waals surface area contributed by atoms with Gasteiger partial charge in [-0.25, -0.2) is 4.39 Å². The minimum Gasteiger partial charge on any atom is -0.305 e. The predicted octanol–water partition coefficient (Wildman–Crippen LogP) is 3.98. The third kappa shape index (κ3) is 3.38. The van der Waals surface area contributed by atoms with Crippen LogP contribution in [0.5, 0.6) is 0 Å². The summed E-state index contributed by atoms with van der Waals surface area (Å²) in [5.74, 6) is 0.390. The highest BCUT2D eigenvalue weighted by Gasteiger charge is 2.20. The van der Waals surface area contributed by atoms with Gasteiger partial charge in [0.25, 0.3) is 0 Å². The molecule has 1 aromatic heterocycles. The summed E-state index contributed by atoms with van der Waals surface area (Å²) in [4.78, 5) is 12.5. The Bertz CT molecular complexity index is 846. The van der Waals surface area contributed by atoms with Crippen LogP contribution in [0.25, 0.3) is 11.4 Å². The van der Waals surface area contributed by atoms with Crippen molar-refractivity contribution < 1.29 is 9.18 Å². The van der Waals surface area contributed by atoms with Crippen molar-refractivity contribution in [3.8, 4) is 11.4 Å². The standard InChI is InChI=1S/C18H16FN3OS/c1-12(16(23)13-6-4-3-5-7-13)24-18-21-20-17(22(18)2)14-8-10-15(19)11-9-14/h3-12H,1-2H3. The lowest BCUT2D eigenvalue weighted by atomic mass is 10.1. The summed E-state index contributed by atoms with van der Waals surface area (Å²) < 4.78 is 14.9. The average Bonchev–Trinajstić information content (AvgIpc) is 2.96. The zero-order valence-electron chi connectivity index (χ0n) is 13.3. The van der Waals surface area contributed by atoms with Crippen LogP contribution in [0.15, 0.2) is 59.8 Å². The normalized spacial score (nSPS) is 12.1. The molecular formula is C18H16FN3OS. The first-order valence-electron chi connectivity index (χ1n) is 7.47. The van der Waals surface area contributed by atoms with E-state index in [9.17, 15) is 9.18 Å². The van der Waals surface area contributed by atoms with Crippen LogP contribution in [0.2, 0.25) is 0 Å². The molecule has 4 nitrogen and oxygen atoms in total. The van der Waals surface area contributed by atoms with Crippen molar-refractivity contribution in [3.05, 3.63) is 66.0 Å². The van der Waals surface area contributed by atoms with Crippen LogP contribution < -0.4 is 0 Å². The Morgan fingerprint density at radius 1 is 1.08 bits per heavy atom. The lowest BCUT2D eigenvalue weighted by Gasteiger charge is -2.10. The molecule has 0 fully saturated rings. The van der Waals surface area contributed by atoms with Crippen molar-refractivity contribution in [3.63, 3.8) is 0 Å². The van der Waals surface area contributed by atoms with Crippen LogP contribution in [-0.2, 0) is 7.05 Å². The number of halogens is 1. The Hall–Kier alpha value is -2.47. The fraction of sp³-hybridized carbons (Fsp3) is 0.167. The smallest absolute Gasteiger partial charge is 0.191 e. The van der Waals surface area contributed by atoms with E-state index >= 15 is 0 Å². The van der Waals surface area contributed by atoms with E-state index in [0.717, 1.165) is 5.56 Å². The number of thioether (sulfide) groups is 1. The average molecular weight is 341 g/mol. The monoisotopic (exact) mass is 341 g/mol. The highest BCUT2D eigenvalue weighted by atomic mass is 32.2. The first kappa shape index (κ1) is 16.4. The number of carbonyl (C=O) groups is 1. The van der Waals surface area contributed by atoms with Crippen molar-refractivity contribution in [2.45, 2.75) is 17.3 Å². The van der Waals surface area contributed by atoms with E-state index in [1.54, 1.807) is 24.3 Å². The molecule has 2 aromatic carbocycles. The molecular weight excluding hydrogens is 325 g/mol. The van der Waals surface area contributed by atoms with Gasteiger partial charge in [-0.2, -0.15) is 0 Å². The molecule has 1 atom stereocenters. The van der Waals surface area contributed by atoms with Crippen molar-refractivity contribution in [2.24, 2.45) is 7.05 Å². The van der Waals surface area contributed by atoms with Crippen LogP contribution >= 0.6 is 11.8 Å². The maximum Gasteiger partial charge on any atom is 0.191 e. The van der Waals surface area contributed by atoms with Gasteiger partial charge in [0.05, 0.1) is 5.25 Å². The molecule has 1 heterocycles. The van der Waals surface area contributed by atoms with Gasteiger partial charge in [-0.3, -0.25) is 4.79 Å². The Morgan fingerprint density at radius 2 is 1.75 bits per heavy atom. The number of hydrogen-bond acceptors (Lipinski definition) is 4. The highest BCUT2D eigenvalue weighted by Crippen LogP contribution is 2.27. The Balaban J connectivity index is 1.79. The van der Waals surface area contributed by atoms with E-state index in [4.69, 9.17) is 0 Å². The molecule has 0 bridgehead atoms. The van der Waals surface area contributed by atoms with Crippen molar-refractivity contribution in [2.75, 3.05) is 0 Å². The topological polar surface area (TPSA) is 47.8 Å². The van der Waals surface area contributed by atoms with Gasteiger partial charge in [0.2, 0.25) is 0 Å². The van der Waals surface area contributed by atoms with Crippen LogP contribution in [0.4, 0.5) is 4.39 Å². The van der Waals surface area contributed by atoms with Gasteiger partial charge in [-0.1, -0.05) is 42.1 Å². The number of ketones is 1. The zero-order chi connectivity index (χ0) is 17.1. The molecule has 0 amide bonds. The number of hydrogen-bond donors (Lipinski definition) is 0. The maximum atomic E-state index is 13.0. The number of Topliss-reactive ketones (excluding diaryl/α,β-unsaturated/α-hetero) is 1. The van der Waals surface area contributed by atoms with E-state index in [0.29, 0.717) is 16.5 Å². The van der Waals surface area contributed by atoms with E-state index < -0.39 is 0 Å². The Morgan fingerprint density at radius 3 is 2.42 bits per heavy atom. The van der Waals surface area contributed by atoms with Crippen LogP contribution in [0.1, 0.15) is 17.3 Å². The second kappa shape index (κ2) is 6.97. The summed E-state index contributed by atoms with van der Waals surface area (Å²) in [6, 6.07) is 15.3. The summed E-state index contributed by atoms with van der Waals surface area (Å²) in [6.07, 6.45) is 0. The second-order valence-electron chi connectivity index (χ2n) is 5.36. The van der Waals surface area contributed by atoms with Gasteiger partial charge in [0.15, 0.2) is 16.8 Å². The molecule has 1 unspecified atom stereocenters. The second-order valence-corrected chi connectivity index (χ2v) is 6.67. The van der Waals surface area contributed by atoms with E-state index in [2.05, 4.69) is 10.2 Å². The van der Waals surface area contributed by atoms with Crippen LogP contribution in [0, 0.1) is 5.82 Å². The van der Waals surface area contributed by atoms with Gasteiger partial charge >= 0.3 is 0 Å². The summed E-state index contributed by atoms with van der Waals surface area (Å²) >= 11 is 1.36. The lowest BCUT2D eigenvalue weighted by Crippen LogP contribution is -2.14. The molecule has 0 saturated carbocycles. The Kier molecular flexibility index (Phi) is 4.76. The molecule has 6 heteroatoms. The third-order valence-electron chi connectivity index (χ3n) is 3.65. The third-order valence-corrected chi connectivity index (χ3v) is 4.78. The molecule has 0 spiro atoms. The minimum atomic E-state index is -0.294. The molecule has 0 saturated heterocycles. The molecule has 0 aliphatic rings. The Labute approximate surface area is 143 Å². The molecule has 0 N–H and O–H groups in total. The van der Waals surface area contributed by atoms with Gasteiger partial charge < -0.3 is 4.57 Å². The highest BCUT2D eigenvalue weighted by molar-refractivity contribution is 8.00. The largest absolute Gasteiger partial charge is 0.305 e. The quantitative estimate of drug-likeness (QED) is 0.520. The number of carbonyl (C=O) groups excluding carboxylic acids is 1. The number of aromatic nitrogens is 3. The number of benzene rings is 2. The summed E-state index contributed by atoms with van der Waals surface area (Å²) in [7, 11) is 1.83. The number of rotatable bonds is 5. The molecule has 0 radical (unpaired) electrons. The lowest BCUT2D eigenvalue weighted by molar-refractivity contribution is 0.0994. The van der Waals surface area contributed by atoms with Gasteiger partial charge in [0, 0.05) is 18.2 Å². The number of nitrogens with zero attached hydrogens (tertiary/aromatic N) is 3. The van der Waals surface area contributed by atoms with E-state index in [-0.39, 0.29) is 16.9 Å². The van der Waals surface area contributed by atoms with Crippen molar-refractivity contribution in [1.29, 1.82) is 0 Å². The predicted molar refractivity (Wildman–Crippen MR) is 92.5 cm³/mol. The van der Waals surface area contributed by atoms with Crippen LogP contribution in [0.3, 0.4) is 0 Å². The van der Waals surface area contributed by atoms with E-state index in [1.165, 1.54) is 23.9 Å². The van der Waals surface area contributed by atoms with Crippen LogP contribution in [-0.4, -0.2) is 25.8 Å². The molecule has 24 heavy (non-hydrogen) atoms. The first-order valence-corrected chi connectivity index (χ1v) is 8.35. The molecule has 122 valence electrons. The van der Waals surface area contributed by atoms with Crippen molar-refractivity contribution >= 4 is 17.5 Å². The van der Waals surface area contributed by atoms with Gasteiger partial charge in [-0.15, -0.1) is 10.2 Å².